The van der Waals surface area contributed by atoms with Gasteiger partial charge in [-0.15, -0.1) is 0 Å². The molecule has 126 valence electrons. The molecule has 0 saturated carbocycles. The Balaban J connectivity index is 3.82. The molecule has 0 aromatic heterocycles. The molecule has 0 fully saturated rings. The molecule has 9 heteroatoms. The van der Waals surface area contributed by atoms with Gasteiger partial charge in [0.2, 0.25) is 0 Å². The van der Waals surface area contributed by atoms with Gasteiger partial charge in [-0.05, 0) is 0 Å². The van der Waals surface area contributed by atoms with Crippen LogP contribution in [0.15, 0.2) is 25.3 Å². The summed E-state index contributed by atoms with van der Waals surface area (Å²) in [6.07, 6.45) is 2.74. The van der Waals surface area contributed by atoms with Crippen LogP contribution in [0.25, 0.3) is 0 Å². The maximum atomic E-state index is 12.0. The van der Waals surface area contributed by atoms with Gasteiger partial charge in [0.1, 0.15) is 0 Å². The molecule has 0 aromatic carbocycles. The topological polar surface area (TPSA) is 97.4 Å². The van der Waals surface area contributed by atoms with Crippen LogP contribution >= 0.6 is 7.82 Å². The number of phosphoric ester groups is 1. The van der Waals surface area contributed by atoms with E-state index in [0.29, 0.717) is 12.8 Å². The first kappa shape index (κ1) is 20.5. The number of hydrogen-bond acceptors (Lipinski definition) is 8. The van der Waals surface area contributed by atoms with E-state index in [1.165, 1.54) is 7.11 Å². The first-order valence-electron chi connectivity index (χ1n) is 6.50. The summed E-state index contributed by atoms with van der Waals surface area (Å²) in [5, 5.41) is 0. The lowest BCUT2D eigenvalue weighted by Crippen LogP contribution is -2.08. The van der Waals surface area contributed by atoms with Crippen LogP contribution in [0.1, 0.15) is 12.8 Å². The summed E-state index contributed by atoms with van der Waals surface area (Å²) >= 11 is 0. The Labute approximate surface area is 129 Å². The third kappa shape index (κ3) is 10.3. The van der Waals surface area contributed by atoms with Crippen molar-refractivity contribution in [2.24, 2.45) is 0 Å². The highest BCUT2D eigenvalue weighted by Crippen LogP contribution is 2.48. The number of carbonyl (C=O) groups is 2. The third-order valence-corrected chi connectivity index (χ3v) is 3.57. The highest BCUT2D eigenvalue weighted by Gasteiger charge is 2.24. The maximum absolute atomic E-state index is 12.0. The monoisotopic (exact) mass is 336 g/mol. The van der Waals surface area contributed by atoms with E-state index in [4.69, 9.17) is 23.0 Å². The summed E-state index contributed by atoms with van der Waals surface area (Å²) in [6, 6.07) is 0. The van der Waals surface area contributed by atoms with Crippen molar-refractivity contribution in [3.8, 4) is 0 Å². The molecule has 0 aromatic rings. The second-order valence-electron chi connectivity index (χ2n) is 3.75. The Morgan fingerprint density at radius 2 is 1.32 bits per heavy atom. The second-order valence-corrected chi connectivity index (χ2v) is 5.52. The molecule has 0 amide bonds. The molecule has 0 radical (unpaired) electrons. The molecule has 0 atom stereocenters. The van der Waals surface area contributed by atoms with Gasteiger partial charge in [-0.3, -0.25) is 13.6 Å². The van der Waals surface area contributed by atoms with Crippen LogP contribution in [0.4, 0.5) is 0 Å². The van der Waals surface area contributed by atoms with Gasteiger partial charge in [-0.1, -0.05) is 13.2 Å². The van der Waals surface area contributed by atoms with Crippen LogP contribution in [-0.4, -0.2) is 45.5 Å². The molecule has 0 aliphatic carbocycles. The first-order valence-corrected chi connectivity index (χ1v) is 7.96. The van der Waals surface area contributed by atoms with Crippen LogP contribution in [-0.2, 0) is 37.2 Å². The van der Waals surface area contributed by atoms with Gasteiger partial charge in [-0.25, -0.2) is 14.2 Å². The normalized spacial score (nSPS) is 10.8. The minimum Gasteiger partial charge on any atom is -0.462 e. The Morgan fingerprint density at radius 3 is 1.64 bits per heavy atom. The summed E-state index contributed by atoms with van der Waals surface area (Å²) in [5.41, 5.74) is 0. The number of carbonyl (C=O) groups excluding carboxylic acids is 2. The van der Waals surface area contributed by atoms with Crippen molar-refractivity contribution in [3.05, 3.63) is 25.3 Å². The van der Waals surface area contributed by atoms with Crippen LogP contribution in [0.5, 0.6) is 0 Å². The molecule has 0 unspecified atom stereocenters. The van der Waals surface area contributed by atoms with Crippen molar-refractivity contribution >= 4 is 19.8 Å². The van der Waals surface area contributed by atoms with Gasteiger partial charge in [0.25, 0.3) is 0 Å². The third-order valence-electron chi connectivity index (χ3n) is 2.12. The predicted molar refractivity (Wildman–Crippen MR) is 78.1 cm³/mol. The van der Waals surface area contributed by atoms with E-state index >= 15 is 0 Å². The molecule has 0 spiro atoms. The minimum atomic E-state index is -3.66. The summed E-state index contributed by atoms with van der Waals surface area (Å²) < 4.78 is 36.1. The SMILES string of the molecule is C=CC(=O)OCCCOP(=O)(OC)OCCCOC(=O)C=C. The molecule has 0 rings (SSSR count). The van der Waals surface area contributed by atoms with Gasteiger partial charge in [0, 0.05) is 32.1 Å². The lowest BCUT2D eigenvalue weighted by molar-refractivity contribution is -0.138. The molecular weight excluding hydrogens is 315 g/mol. The van der Waals surface area contributed by atoms with Crippen LogP contribution in [0.2, 0.25) is 0 Å². The molecular formula is C13H21O8P. The Morgan fingerprint density at radius 1 is 0.909 bits per heavy atom. The Bertz CT molecular complexity index is 386. The first-order chi connectivity index (χ1) is 10.5. The van der Waals surface area contributed by atoms with Crippen molar-refractivity contribution in [3.63, 3.8) is 0 Å². The standard InChI is InChI=1S/C13H21O8P/c1-4-12(14)18-8-6-10-20-22(16,17-3)21-11-7-9-19-13(15)5-2/h4-5H,1-2,6-11H2,3H3. The Kier molecular flexibility index (Phi) is 11.3. The van der Waals surface area contributed by atoms with E-state index in [1.807, 2.05) is 0 Å². The summed E-state index contributed by atoms with van der Waals surface area (Å²) in [4.78, 5) is 21.5. The van der Waals surface area contributed by atoms with Crippen LogP contribution < -0.4 is 0 Å². The summed E-state index contributed by atoms with van der Waals surface area (Å²) in [6.45, 7) is 6.76. The number of esters is 2. The number of phosphoric acid groups is 1. The quantitative estimate of drug-likeness (QED) is 0.218. The largest absolute Gasteiger partial charge is 0.474 e. The lowest BCUT2D eigenvalue weighted by Gasteiger charge is -2.15. The highest BCUT2D eigenvalue weighted by atomic mass is 31.2. The second kappa shape index (κ2) is 12.1. The molecule has 0 aliphatic heterocycles. The van der Waals surface area contributed by atoms with Gasteiger partial charge in [-0.2, -0.15) is 0 Å². The van der Waals surface area contributed by atoms with E-state index in [-0.39, 0.29) is 26.4 Å². The molecule has 0 aliphatic rings. The minimum absolute atomic E-state index is 0.0288. The van der Waals surface area contributed by atoms with E-state index in [1.54, 1.807) is 0 Å². The smallest absolute Gasteiger partial charge is 0.462 e. The van der Waals surface area contributed by atoms with Crippen molar-refractivity contribution in [2.75, 3.05) is 33.5 Å². The average molecular weight is 336 g/mol. The average Bonchev–Trinajstić information content (AvgIpc) is 2.53. The van der Waals surface area contributed by atoms with E-state index in [0.717, 1.165) is 12.2 Å². The molecule has 0 bridgehead atoms. The zero-order valence-corrected chi connectivity index (χ0v) is 13.4. The van der Waals surface area contributed by atoms with E-state index < -0.39 is 19.8 Å². The summed E-state index contributed by atoms with van der Waals surface area (Å²) in [5.74, 6) is -1.08. The van der Waals surface area contributed by atoms with Crippen LogP contribution in [0.3, 0.4) is 0 Å². The van der Waals surface area contributed by atoms with Crippen molar-refractivity contribution in [1.29, 1.82) is 0 Å². The molecule has 0 N–H and O–H groups in total. The fraction of sp³-hybridized carbons (Fsp3) is 0.538. The van der Waals surface area contributed by atoms with Crippen molar-refractivity contribution in [2.45, 2.75) is 12.8 Å². The molecule has 8 nitrogen and oxygen atoms in total. The maximum Gasteiger partial charge on any atom is 0.474 e. The molecule has 0 heterocycles. The number of rotatable bonds is 13. The van der Waals surface area contributed by atoms with Gasteiger partial charge < -0.3 is 9.47 Å². The van der Waals surface area contributed by atoms with Crippen LogP contribution in [0, 0.1) is 0 Å². The van der Waals surface area contributed by atoms with Crippen molar-refractivity contribution < 1.29 is 37.2 Å². The summed E-state index contributed by atoms with van der Waals surface area (Å²) in [7, 11) is -2.47. The fourth-order valence-electron chi connectivity index (χ4n) is 1.08. The van der Waals surface area contributed by atoms with Gasteiger partial charge in [0.15, 0.2) is 0 Å². The number of ether oxygens (including phenoxy) is 2. The van der Waals surface area contributed by atoms with Gasteiger partial charge >= 0.3 is 19.8 Å². The molecule has 0 saturated heterocycles. The van der Waals surface area contributed by atoms with E-state index in [2.05, 4.69) is 13.2 Å². The molecule has 22 heavy (non-hydrogen) atoms. The lowest BCUT2D eigenvalue weighted by atomic mass is 10.5. The Hall–Kier alpha value is -1.47. The van der Waals surface area contributed by atoms with Gasteiger partial charge in [0.05, 0.1) is 26.4 Å². The number of hydrogen-bond donors (Lipinski definition) is 0. The zero-order chi connectivity index (χ0) is 16.8. The fourth-order valence-corrected chi connectivity index (χ4v) is 2.07. The highest BCUT2D eigenvalue weighted by molar-refractivity contribution is 7.48. The van der Waals surface area contributed by atoms with E-state index in [9.17, 15) is 14.2 Å². The predicted octanol–water partition coefficient (Wildman–Crippen LogP) is 2.01. The zero-order valence-electron chi connectivity index (χ0n) is 12.5. The van der Waals surface area contributed by atoms with Crippen molar-refractivity contribution in [1.82, 2.24) is 0 Å².